The van der Waals surface area contributed by atoms with Crippen molar-refractivity contribution in [3.05, 3.63) is 70.9 Å². The van der Waals surface area contributed by atoms with E-state index in [0.717, 1.165) is 69.1 Å². The normalized spacial score (nSPS) is 18.5. The van der Waals surface area contributed by atoms with Crippen LogP contribution >= 0.6 is 0 Å². The van der Waals surface area contributed by atoms with Crippen molar-refractivity contribution in [1.82, 2.24) is 24.6 Å². The molecule has 1 fully saturated rings. The van der Waals surface area contributed by atoms with Crippen molar-refractivity contribution in [1.29, 1.82) is 0 Å². The molecule has 1 saturated heterocycles. The first-order valence-electron chi connectivity index (χ1n) is 11.6. The number of hydrogen-bond donors (Lipinski definition) is 0. The number of rotatable bonds is 4. The van der Waals surface area contributed by atoms with E-state index in [0.29, 0.717) is 5.56 Å². The van der Waals surface area contributed by atoms with E-state index in [4.69, 9.17) is 9.97 Å². The molecule has 1 atom stereocenters. The van der Waals surface area contributed by atoms with Crippen molar-refractivity contribution in [3.8, 4) is 0 Å². The molecule has 7 nitrogen and oxygen atoms in total. The largest absolute Gasteiger partial charge is 0.352 e. The molecular formula is C25H30N6O. The van der Waals surface area contributed by atoms with Gasteiger partial charge in [0, 0.05) is 44.1 Å². The van der Waals surface area contributed by atoms with Gasteiger partial charge in [0.15, 0.2) is 5.82 Å². The fourth-order valence-corrected chi connectivity index (χ4v) is 4.96. The molecule has 0 saturated carbocycles. The van der Waals surface area contributed by atoms with Crippen molar-refractivity contribution in [3.63, 3.8) is 0 Å². The second kappa shape index (κ2) is 8.73. The third-order valence-corrected chi connectivity index (χ3v) is 6.59. The van der Waals surface area contributed by atoms with Crippen molar-refractivity contribution in [2.45, 2.75) is 51.6 Å². The molecule has 5 rings (SSSR count). The summed E-state index contributed by atoms with van der Waals surface area (Å²) in [6, 6.07) is 10.5. The van der Waals surface area contributed by atoms with Gasteiger partial charge in [0.1, 0.15) is 5.82 Å². The van der Waals surface area contributed by atoms with Crippen molar-refractivity contribution >= 4 is 11.7 Å². The molecular weight excluding hydrogens is 400 g/mol. The fraction of sp³-hybridized carbons (Fsp3) is 0.440. The molecule has 32 heavy (non-hydrogen) atoms. The van der Waals surface area contributed by atoms with Crippen LogP contribution in [0.25, 0.3) is 0 Å². The summed E-state index contributed by atoms with van der Waals surface area (Å²) in [5.74, 6) is 1.84. The molecule has 0 N–H and O–H groups in total. The molecule has 2 aliphatic heterocycles. The van der Waals surface area contributed by atoms with Gasteiger partial charge in [0.25, 0.3) is 5.91 Å². The van der Waals surface area contributed by atoms with Gasteiger partial charge in [-0.15, -0.1) is 0 Å². The van der Waals surface area contributed by atoms with Crippen LogP contribution in [-0.4, -0.2) is 43.6 Å². The third kappa shape index (κ3) is 3.99. The Balaban J connectivity index is 1.48. The average molecular weight is 431 g/mol. The quantitative estimate of drug-likeness (QED) is 0.629. The number of nitrogens with zero attached hydrogens (tertiary/aromatic N) is 6. The van der Waals surface area contributed by atoms with Crippen molar-refractivity contribution < 1.29 is 4.79 Å². The molecule has 0 spiro atoms. The number of carbonyl (C=O) groups is 1. The summed E-state index contributed by atoms with van der Waals surface area (Å²) >= 11 is 0. The lowest BCUT2D eigenvalue weighted by atomic mass is 9.98. The predicted molar refractivity (Wildman–Crippen MR) is 123 cm³/mol. The number of aromatic nitrogens is 4. The molecule has 4 heterocycles. The van der Waals surface area contributed by atoms with Crippen LogP contribution in [0.5, 0.6) is 0 Å². The number of carbonyl (C=O) groups excluding carboxylic acids is 1. The molecule has 166 valence electrons. The van der Waals surface area contributed by atoms with E-state index in [1.54, 1.807) is 17.1 Å². The van der Waals surface area contributed by atoms with E-state index >= 15 is 0 Å². The lowest BCUT2D eigenvalue weighted by molar-refractivity contribution is 0.0599. The monoisotopic (exact) mass is 430 g/mol. The minimum atomic E-state index is -0.0963. The Hall–Kier alpha value is -3.22. The molecule has 2 aromatic heterocycles. The second-order valence-electron chi connectivity index (χ2n) is 8.89. The molecule has 0 aliphatic carbocycles. The number of benzene rings is 1. The highest BCUT2D eigenvalue weighted by atomic mass is 16.2. The Kier molecular flexibility index (Phi) is 5.64. The highest BCUT2D eigenvalue weighted by Gasteiger charge is 2.33. The number of piperidine rings is 1. The van der Waals surface area contributed by atoms with Gasteiger partial charge in [0.05, 0.1) is 17.8 Å². The van der Waals surface area contributed by atoms with E-state index in [1.807, 2.05) is 11.9 Å². The zero-order valence-electron chi connectivity index (χ0n) is 18.9. The van der Waals surface area contributed by atoms with E-state index in [1.165, 1.54) is 11.1 Å². The fourth-order valence-electron chi connectivity index (χ4n) is 4.96. The Labute approximate surface area is 189 Å². The first-order valence-corrected chi connectivity index (χ1v) is 11.6. The van der Waals surface area contributed by atoms with Crippen LogP contribution in [-0.2, 0) is 20.0 Å². The molecule has 1 aromatic carbocycles. The van der Waals surface area contributed by atoms with E-state index in [-0.39, 0.29) is 11.9 Å². The van der Waals surface area contributed by atoms with Gasteiger partial charge in [-0.25, -0.2) is 9.97 Å². The van der Waals surface area contributed by atoms with Gasteiger partial charge in [-0.3, -0.25) is 9.48 Å². The van der Waals surface area contributed by atoms with Crippen molar-refractivity contribution in [2.24, 2.45) is 7.05 Å². The SMILES string of the molecule is Cc1nc(C2CCCCN2C(=O)c2cnn(C)c2)nc2c1CCCN2Cc1ccccc1. The standard InChI is InChI=1S/C25H30N6O/c1-18-21-11-8-13-30(16-19-9-4-3-5-10-19)24(21)28-23(27-18)22-12-6-7-14-31(22)25(32)20-15-26-29(2)17-20/h3-5,9-10,15,17,22H,6-8,11-14,16H2,1-2H3. The summed E-state index contributed by atoms with van der Waals surface area (Å²) in [6.45, 7) is 4.64. The molecule has 7 heteroatoms. The van der Waals surface area contributed by atoms with Gasteiger partial charge < -0.3 is 9.80 Å². The summed E-state index contributed by atoms with van der Waals surface area (Å²) in [4.78, 5) is 27.6. The van der Waals surface area contributed by atoms with Gasteiger partial charge in [-0.2, -0.15) is 5.10 Å². The number of aryl methyl sites for hydroxylation is 2. The first-order chi connectivity index (χ1) is 15.6. The van der Waals surface area contributed by atoms with E-state index in [9.17, 15) is 4.79 Å². The van der Waals surface area contributed by atoms with Crippen molar-refractivity contribution in [2.75, 3.05) is 18.0 Å². The second-order valence-corrected chi connectivity index (χ2v) is 8.89. The molecule has 0 bridgehead atoms. The topological polar surface area (TPSA) is 67.2 Å². The number of fused-ring (bicyclic) bond motifs is 1. The lowest BCUT2D eigenvalue weighted by Crippen LogP contribution is -2.40. The van der Waals surface area contributed by atoms with Gasteiger partial charge in [0.2, 0.25) is 0 Å². The van der Waals surface area contributed by atoms with Gasteiger partial charge in [-0.05, 0) is 44.6 Å². The Morgan fingerprint density at radius 1 is 1.09 bits per heavy atom. The smallest absolute Gasteiger partial charge is 0.257 e. The maximum Gasteiger partial charge on any atom is 0.257 e. The molecule has 0 radical (unpaired) electrons. The minimum Gasteiger partial charge on any atom is -0.352 e. The predicted octanol–water partition coefficient (Wildman–Crippen LogP) is 3.84. The number of anilines is 1. The van der Waals surface area contributed by atoms with E-state index < -0.39 is 0 Å². The van der Waals surface area contributed by atoms with Gasteiger partial charge in [-0.1, -0.05) is 30.3 Å². The van der Waals surface area contributed by atoms with Crippen LogP contribution in [0.3, 0.4) is 0 Å². The summed E-state index contributed by atoms with van der Waals surface area (Å²) in [6.07, 6.45) is 8.53. The number of hydrogen-bond acceptors (Lipinski definition) is 5. The summed E-state index contributed by atoms with van der Waals surface area (Å²) in [5.41, 5.74) is 4.20. The lowest BCUT2D eigenvalue weighted by Gasteiger charge is -2.36. The Morgan fingerprint density at radius 3 is 2.72 bits per heavy atom. The number of amides is 1. The highest BCUT2D eigenvalue weighted by molar-refractivity contribution is 5.94. The molecule has 2 aliphatic rings. The summed E-state index contributed by atoms with van der Waals surface area (Å²) in [7, 11) is 1.84. The van der Waals surface area contributed by atoms with Crippen LogP contribution in [0.1, 0.15) is 64.7 Å². The summed E-state index contributed by atoms with van der Waals surface area (Å²) in [5, 5.41) is 4.18. The Morgan fingerprint density at radius 2 is 1.94 bits per heavy atom. The maximum absolute atomic E-state index is 13.3. The van der Waals surface area contributed by atoms with Crippen LogP contribution in [0, 0.1) is 6.92 Å². The zero-order valence-corrected chi connectivity index (χ0v) is 18.9. The minimum absolute atomic E-state index is 0.0166. The van der Waals surface area contributed by atoms with Crippen LogP contribution < -0.4 is 4.90 Å². The molecule has 3 aromatic rings. The first kappa shape index (κ1) is 20.7. The average Bonchev–Trinajstić information content (AvgIpc) is 3.26. The number of likely N-dealkylation sites (tertiary alicyclic amines) is 1. The third-order valence-electron chi connectivity index (χ3n) is 6.59. The van der Waals surface area contributed by atoms with Crippen LogP contribution in [0.4, 0.5) is 5.82 Å². The maximum atomic E-state index is 13.3. The molecule has 1 amide bonds. The van der Waals surface area contributed by atoms with Gasteiger partial charge >= 0.3 is 0 Å². The highest BCUT2D eigenvalue weighted by Crippen LogP contribution is 2.34. The van der Waals surface area contributed by atoms with E-state index in [2.05, 4.69) is 47.3 Å². The Bertz CT molecular complexity index is 1110. The van der Waals surface area contributed by atoms with Crippen LogP contribution in [0.2, 0.25) is 0 Å². The zero-order chi connectivity index (χ0) is 22.1. The summed E-state index contributed by atoms with van der Waals surface area (Å²) < 4.78 is 1.67. The molecule has 1 unspecified atom stereocenters. The van der Waals surface area contributed by atoms with Crippen LogP contribution in [0.15, 0.2) is 42.7 Å².